The summed E-state index contributed by atoms with van der Waals surface area (Å²) in [5, 5.41) is 3.35. The third-order valence-electron chi connectivity index (χ3n) is 3.93. The number of alkyl halides is 3. The maximum absolute atomic E-state index is 12.6. The van der Waals surface area contributed by atoms with Gasteiger partial charge < -0.3 is 14.8 Å². The molecule has 6 heteroatoms. The first kappa shape index (κ1) is 15.1. The molecule has 0 amide bonds. The average molecular weight is 281 g/mol. The van der Waals surface area contributed by atoms with E-state index in [0.29, 0.717) is 26.1 Å². The summed E-state index contributed by atoms with van der Waals surface area (Å²) in [6.07, 6.45) is -2.44. The van der Waals surface area contributed by atoms with Gasteiger partial charge in [0.05, 0.1) is 25.2 Å². The van der Waals surface area contributed by atoms with Crippen LogP contribution in [0.3, 0.4) is 0 Å². The van der Waals surface area contributed by atoms with Crippen LogP contribution in [-0.4, -0.2) is 37.3 Å². The smallest absolute Gasteiger partial charge is 0.349 e. The minimum absolute atomic E-state index is 0.0838. The van der Waals surface area contributed by atoms with Crippen LogP contribution in [0, 0.1) is 5.92 Å². The molecule has 2 rings (SSSR count). The second-order valence-corrected chi connectivity index (χ2v) is 5.98. The van der Waals surface area contributed by atoms with E-state index in [2.05, 4.69) is 5.32 Å². The predicted molar refractivity (Wildman–Crippen MR) is 64.7 cm³/mol. The fourth-order valence-electron chi connectivity index (χ4n) is 2.71. The summed E-state index contributed by atoms with van der Waals surface area (Å²) < 4.78 is 48.7. The van der Waals surface area contributed by atoms with Crippen molar-refractivity contribution in [1.29, 1.82) is 0 Å². The summed E-state index contributed by atoms with van der Waals surface area (Å²) in [5.41, 5.74) is 0. The molecular formula is C13H22F3NO2. The van der Waals surface area contributed by atoms with Crippen molar-refractivity contribution >= 4 is 0 Å². The Morgan fingerprint density at radius 1 is 0.947 bits per heavy atom. The number of rotatable bonds is 2. The first-order valence-corrected chi connectivity index (χ1v) is 6.87. The Morgan fingerprint density at radius 2 is 1.47 bits per heavy atom. The van der Waals surface area contributed by atoms with Crippen LogP contribution in [0.4, 0.5) is 13.2 Å². The minimum Gasteiger partial charge on any atom is -0.349 e. The second kappa shape index (κ2) is 5.58. The van der Waals surface area contributed by atoms with Gasteiger partial charge in [0.15, 0.2) is 5.79 Å². The van der Waals surface area contributed by atoms with E-state index in [0.717, 1.165) is 0 Å². The highest BCUT2D eigenvalue weighted by molar-refractivity contribution is 4.84. The molecule has 0 aromatic rings. The molecule has 1 saturated carbocycles. The van der Waals surface area contributed by atoms with E-state index in [4.69, 9.17) is 9.47 Å². The van der Waals surface area contributed by atoms with Gasteiger partial charge in [-0.3, -0.25) is 0 Å². The molecule has 1 aliphatic carbocycles. The summed E-state index contributed by atoms with van der Waals surface area (Å²) in [4.78, 5) is 0. The van der Waals surface area contributed by atoms with E-state index >= 15 is 0 Å². The minimum atomic E-state index is -4.04. The molecule has 3 nitrogen and oxygen atoms in total. The van der Waals surface area contributed by atoms with Crippen LogP contribution in [0.15, 0.2) is 0 Å². The molecule has 0 radical (unpaired) electrons. The Kier molecular flexibility index (Phi) is 4.42. The van der Waals surface area contributed by atoms with Gasteiger partial charge in [-0.1, -0.05) is 0 Å². The quantitative estimate of drug-likeness (QED) is 0.844. The summed E-state index contributed by atoms with van der Waals surface area (Å²) in [7, 11) is 0. The third kappa shape index (κ3) is 4.33. The number of halogens is 3. The molecule has 1 heterocycles. The van der Waals surface area contributed by atoms with Crippen LogP contribution in [0.1, 0.15) is 39.5 Å². The lowest BCUT2D eigenvalue weighted by Crippen LogP contribution is -2.52. The number of hydrogen-bond acceptors (Lipinski definition) is 3. The van der Waals surface area contributed by atoms with Crippen molar-refractivity contribution in [3.63, 3.8) is 0 Å². The van der Waals surface area contributed by atoms with E-state index in [1.807, 2.05) is 13.8 Å². The monoisotopic (exact) mass is 281 g/mol. The number of ether oxygens (including phenoxy) is 2. The normalized spacial score (nSPS) is 33.3. The molecule has 0 spiro atoms. The molecule has 0 aromatic carbocycles. The van der Waals surface area contributed by atoms with Gasteiger partial charge >= 0.3 is 6.18 Å². The van der Waals surface area contributed by atoms with Gasteiger partial charge in [-0.05, 0) is 39.5 Å². The number of nitrogens with one attached hydrogen (secondary N) is 1. The van der Waals surface area contributed by atoms with Crippen molar-refractivity contribution in [2.24, 2.45) is 5.92 Å². The van der Waals surface area contributed by atoms with E-state index in [1.54, 1.807) is 0 Å². The SMILES string of the molecule is CC1(C)OCC(NC2CCC(C(F)(F)F)CC2)CO1. The first-order valence-electron chi connectivity index (χ1n) is 6.87. The first-order chi connectivity index (χ1) is 8.76. The lowest BCUT2D eigenvalue weighted by atomic mass is 9.85. The lowest BCUT2D eigenvalue weighted by Gasteiger charge is -2.38. The summed E-state index contributed by atoms with van der Waals surface area (Å²) in [6.45, 7) is 4.81. The highest BCUT2D eigenvalue weighted by Gasteiger charge is 2.41. The van der Waals surface area contributed by atoms with Crippen molar-refractivity contribution in [1.82, 2.24) is 5.32 Å². The largest absolute Gasteiger partial charge is 0.391 e. The van der Waals surface area contributed by atoms with Gasteiger partial charge in [0.25, 0.3) is 0 Å². The second-order valence-electron chi connectivity index (χ2n) is 5.98. The molecular weight excluding hydrogens is 259 g/mol. The molecule has 19 heavy (non-hydrogen) atoms. The topological polar surface area (TPSA) is 30.5 Å². The third-order valence-corrected chi connectivity index (χ3v) is 3.93. The standard InChI is InChI=1S/C13H22F3NO2/c1-12(2)18-7-11(8-19-12)17-10-5-3-9(4-6-10)13(14,15)16/h9-11,17H,3-8H2,1-2H3. The van der Waals surface area contributed by atoms with Gasteiger partial charge in [-0.15, -0.1) is 0 Å². The Balaban J connectivity index is 1.72. The van der Waals surface area contributed by atoms with E-state index in [9.17, 15) is 13.2 Å². The molecule has 0 unspecified atom stereocenters. The van der Waals surface area contributed by atoms with E-state index in [-0.39, 0.29) is 24.9 Å². The van der Waals surface area contributed by atoms with Crippen LogP contribution in [-0.2, 0) is 9.47 Å². The zero-order chi connectivity index (χ0) is 14.1. The molecule has 1 aliphatic heterocycles. The predicted octanol–water partition coefficient (Wildman–Crippen LogP) is 2.85. The van der Waals surface area contributed by atoms with E-state index in [1.165, 1.54) is 0 Å². The molecule has 0 bridgehead atoms. The van der Waals surface area contributed by atoms with Gasteiger partial charge in [-0.2, -0.15) is 13.2 Å². The van der Waals surface area contributed by atoms with Crippen LogP contribution >= 0.6 is 0 Å². The zero-order valence-electron chi connectivity index (χ0n) is 11.4. The van der Waals surface area contributed by atoms with Gasteiger partial charge in [-0.25, -0.2) is 0 Å². The van der Waals surface area contributed by atoms with Crippen molar-refractivity contribution in [3.05, 3.63) is 0 Å². The van der Waals surface area contributed by atoms with Gasteiger partial charge in [0, 0.05) is 6.04 Å². The summed E-state index contributed by atoms with van der Waals surface area (Å²) in [5.74, 6) is -1.67. The fraction of sp³-hybridized carbons (Fsp3) is 1.00. The van der Waals surface area contributed by atoms with Crippen molar-refractivity contribution in [3.8, 4) is 0 Å². The summed E-state index contributed by atoms with van der Waals surface area (Å²) in [6, 6.07) is 0.234. The van der Waals surface area contributed by atoms with E-state index < -0.39 is 17.9 Å². The Morgan fingerprint density at radius 3 is 1.95 bits per heavy atom. The van der Waals surface area contributed by atoms with Crippen LogP contribution in [0.2, 0.25) is 0 Å². The fourth-order valence-corrected chi connectivity index (χ4v) is 2.71. The van der Waals surface area contributed by atoms with Gasteiger partial charge in [0.1, 0.15) is 0 Å². The molecule has 2 fully saturated rings. The Bertz CT molecular complexity index is 289. The number of hydrogen-bond donors (Lipinski definition) is 1. The van der Waals surface area contributed by atoms with Crippen molar-refractivity contribution in [2.75, 3.05) is 13.2 Å². The van der Waals surface area contributed by atoms with Crippen LogP contribution in [0.25, 0.3) is 0 Å². The van der Waals surface area contributed by atoms with Crippen LogP contribution < -0.4 is 5.32 Å². The average Bonchev–Trinajstić information content (AvgIpc) is 2.31. The molecule has 1 saturated heterocycles. The molecule has 112 valence electrons. The lowest BCUT2D eigenvalue weighted by molar-refractivity contribution is -0.254. The molecule has 0 atom stereocenters. The van der Waals surface area contributed by atoms with Gasteiger partial charge in [0.2, 0.25) is 0 Å². The zero-order valence-corrected chi connectivity index (χ0v) is 11.4. The van der Waals surface area contributed by atoms with Crippen molar-refractivity contribution < 1.29 is 22.6 Å². The van der Waals surface area contributed by atoms with Crippen LogP contribution in [0.5, 0.6) is 0 Å². The highest BCUT2D eigenvalue weighted by Crippen LogP contribution is 2.37. The molecule has 0 aromatic heterocycles. The van der Waals surface area contributed by atoms with Crippen molar-refractivity contribution in [2.45, 2.75) is 63.6 Å². The molecule has 2 aliphatic rings. The Hall–Kier alpha value is -0.330. The highest BCUT2D eigenvalue weighted by atomic mass is 19.4. The summed E-state index contributed by atoms with van der Waals surface area (Å²) >= 11 is 0. The maximum Gasteiger partial charge on any atom is 0.391 e. The maximum atomic E-state index is 12.6. The molecule has 1 N–H and O–H groups in total. The Labute approximate surface area is 111 Å².